The third-order valence-corrected chi connectivity index (χ3v) is 2.68. The van der Waals surface area contributed by atoms with Crippen molar-refractivity contribution in [3.8, 4) is 5.75 Å². The number of esters is 2. The van der Waals surface area contributed by atoms with Crippen LogP contribution in [0.5, 0.6) is 5.75 Å². The zero-order valence-corrected chi connectivity index (χ0v) is 12.7. The summed E-state index contributed by atoms with van der Waals surface area (Å²) in [5.41, 5.74) is 0.158. The average Bonchev–Trinajstić information content (AvgIpc) is 2.35. The fraction of sp³-hybridized carbons (Fsp3) is 0.385. The van der Waals surface area contributed by atoms with Gasteiger partial charge in [-0.2, -0.15) is 0 Å². The minimum absolute atomic E-state index is 0.0613. The second-order valence-corrected chi connectivity index (χ2v) is 4.89. The standard InChI is InChI=1S/C13H15BrO5/c1-7(2)19-10-6-8(14)5-9(12(15)17-3)11(10)13(16)18-4/h5-7H,1-4H3. The number of carbonyl (C=O) groups is 2. The van der Waals surface area contributed by atoms with E-state index in [4.69, 9.17) is 9.47 Å². The lowest BCUT2D eigenvalue weighted by molar-refractivity contribution is 0.0549. The van der Waals surface area contributed by atoms with Gasteiger partial charge in [-0.1, -0.05) is 15.9 Å². The first-order valence-electron chi connectivity index (χ1n) is 5.57. The van der Waals surface area contributed by atoms with Crippen LogP contribution in [0.25, 0.3) is 0 Å². The minimum atomic E-state index is -0.649. The van der Waals surface area contributed by atoms with Gasteiger partial charge in [0, 0.05) is 4.47 Å². The third-order valence-electron chi connectivity index (χ3n) is 2.22. The molecule has 1 rings (SSSR count). The Morgan fingerprint density at radius 3 is 2.16 bits per heavy atom. The van der Waals surface area contributed by atoms with Crippen LogP contribution in [0.15, 0.2) is 16.6 Å². The predicted molar refractivity (Wildman–Crippen MR) is 72.6 cm³/mol. The average molecular weight is 331 g/mol. The molecular formula is C13H15BrO5. The molecule has 0 fully saturated rings. The quantitative estimate of drug-likeness (QED) is 0.794. The van der Waals surface area contributed by atoms with E-state index in [0.29, 0.717) is 4.47 Å². The minimum Gasteiger partial charge on any atom is -0.490 e. The molecule has 0 radical (unpaired) electrons. The van der Waals surface area contributed by atoms with Crippen molar-refractivity contribution in [3.63, 3.8) is 0 Å². The van der Waals surface area contributed by atoms with Crippen LogP contribution in [-0.4, -0.2) is 32.3 Å². The van der Waals surface area contributed by atoms with E-state index in [1.807, 2.05) is 13.8 Å². The van der Waals surface area contributed by atoms with E-state index in [2.05, 4.69) is 20.7 Å². The van der Waals surface area contributed by atoms with Gasteiger partial charge in [-0.05, 0) is 26.0 Å². The first-order chi connectivity index (χ1) is 8.90. The van der Waals surface area contributed by atoms with Crippen molar-refractivity contribution in [2.75, 3.05) is 14.2 Å². The zero-order valence-electron chi connectivity index (χ0n) is 11.2. The van der Waals surface area contributed by atoms with Crippen molar-refractivity contribution in [2.24, 2.45) is 0 Å². The third kappa shape index (κ3) is 3.70. The van der Waals surface area contributed by atoms with Gasteiger partial charge >= 0.3 is 11.9 Å². The van der Waals surface area contributed by atoms with E-state index in [1.165, 1.54) is 20.3 Å². The SMILES string of the molecule is COC(=O)c1cc(Br)cc(OC(C)C)c1C(=O)OC. The Kier molecular flexibility index (Phi) is 5.35. The number of carbonyl (C=O) groups excluding carboxylic acids is 2. The molecule has 0 heterocycles. The lowest BCUT2D eigenvalue weighted by Gasteiger charge is -2.16. The van der Waals surface area contributed by atoms with E-state index in [9.17, 15) is 9.59 Å². The summed E-state index contributed by atoms with van der Waals surface area (Å²) in [4.78, 5) is 23.6. The Labute approximate surface area is 120 Å². The molecule has 0 N–H and O–H groups in total. The highest BCUT2D eigenvalue weighted by atomic mass is 79.9. The van der Waals surface area contributed by atoms with Gasteiger partial charge in [0.2, 0.25) is 0 Å². The normalized spacial score (nSPS) is 10.2. The van der Waals surface area contributed by atoms with Gasteiger partial charge < -0.3 is 14.2 Å². The van der Waals surface area contributed by atoms with Crippen molar-refractivity contribution in [1.29, 1.82) is 0 Å². The molecule has 6 heteroatoms. The maximum Gasteiger partial charge on any atom is 0.342 e. The van der Waals surface area contributed by atoms with Crippen molar-refractivity contribution in [3.05, 3.63) is 27.7 Å². The highest BCUT2D eigenvalue weighted by Gasteiger charge is 2.25. The molecule has 0 aliphatic rings. The van der Waals surface area contributed by atoms with Crippen molar-refractivity contribution >= 4 is 27.9 Å². The maximum atomic E-state index is 11.8. The molecule has 0 saturated carbocycles. The molecule has 0 aliphatic heterocycles. The summed E-state index contributed by atoms with van der Waals surface area (Å²) in [6, 6.07) is 3.10. The van der Waals surface area contributed by atoms with Crippen molar-refractivity contribution in [2.45, 2.75) is 20.0 Å². The summed E-state index contributed by atoms with van der Waals surface area (Å²) in [5, 5.41) is 0. The fourth-order valence-corrected chi connectivity index (χ4v) is 1.95. The summed E-state index contributed by atoms with van der Waals surface area (Å²) < 4.78 is 15.5. The Hall–Kier alpha value is -1.56. The van der Waals surface area contributed by atoms with Crippen LogP contribution < -0.4 is 4.74 Å². The summed E-state index contributed by atoms with van der Waals surface area (Å²) in [5.74, 6) is -1.00. The highest BCUT2D eigenvalue weighted by Crippen LogP contribution is 2.30. The number of rotatable bonds is 4. The van der Waals surface area contributed by atoms with Gasteiger partial charge in [0.1, 0.15) is 11.3 Å². The molecule has 0 aliphatic carbocycles. The number of methoxy groups -OCH3 is 2. The van der Waals surface area contributed by atoms with E-state index in [0.717, 1.165) is 0 Å². The molecule has 0 amide bonds. The van der Waals surface area contributed by atoms with Crippen molar-refractivity contribution in [1.82, 2.24) is 0 Å². The molecule has 1 aromatic rings. The number of hydrogen-bond donors (Lipinski definition) is 0. The van der Waals surface area contributed by atoms with Crippen LogP contribution in [0.3, 0.4) is 0 Å². The molecule has 104 valence electrons. The number of ether oxygens (including phenoxy) is 3. The van der Waals surface area contributed by atoms with Gasteiger partial charge in [-0.15, -0.1) is 0 Å². The van der Waals surface area contributed by atoms with Crippen LogP contribution in [-0.2, 0) is 9.47 Å². The predicted octanol–water partition coefficient (Wildman–Crippen LogP) is 2.81. The second kappa shape index (κ2) is 6.56. The summed E-state index contributed by atoms with van der Waals surface area (Å²) >= 11 is 3.27. The van der Waals surface area contributed by atoms with E-state index < -0.39 is 11.9 Å². The first kappa shape index (κ1) is 15.5. The van der Waals surface area contributed by atoms with Crippen LogP contribution in [0.1, 0.15) is 34.6 Å². The smallest absolute Gasteiger partial charge is 0.342 e. The van der Waals surface area contributed by atoms with E-state index in [1.54, 1.807) is 6.07 Å². The molecule has 0 aromatic heterocycles. The molecule has 0 unspecified atom stereocenters. The first-order valence-corrected chi connectivity index (χ1v) is 6.36. The molecule has 0 saturated heterocycles. The van der Waals surface area contributed by atoms with Gasteiger partial charge in [0.05, 0.1) is 25.9 Å². The molecule has 1 aromatic carbocycles. The second-order valence-electron chi connectivity index (χ2n) is 3.98. The van der Waals surface area contributed by atoms with Gasteiger partial charge in [-0.25, -0.2) is 9.59 Å². The lowest BCUT2D eigenvalue weighted by Crippen LogP contribution is -2.16. The Morgan fingerprint density at radius 1 is 1.11 bits per heavy atom. The molecule has 0 atom stereocenters. The largest absolute Gasteiger partial charge is 0.490 e. The van der Waals surface area contributed by atoms with Crippen LogP contribution in [0, 0.1) is 0 Å². The molecule has 0 spiro atoms. The maximum absolute atomic E-state index is 11.8. The monoisotopic (exact) mass is 330 g/mol. The number of hydrogen-bond acceptors (Lipinski definition) is 5. The van der Waals surface area contributed by atoms with Crippen LogP contribution >= 0.6 is 15.9 Å². The van der Waals surface area contributed by atoms with Gasteiger partial charge in [0.25, 0.3) is 0 Å². The lowest BCUT2D eigenvalue weighted by atomic mass is 10.1. The highest BCUT2D eigenvalue weighted by molar-refractivity contribution is 9.10. The number of halogens is 1. The van der Waals surface area contributed by atoms with E-state index in [-0.39, 0.29) is 23.0 Å². The molecular weight excluding hydrogens is 316 g/mol. The number of benzene rings is 1. The molecule has 0 bridgehead atoms. The topological polar surface area (TPSA) is 61.8 Å². The molecule has 5 nitrogen and oxygen atoms in total. The summed E-state index contributed by atoms with van der Waals surface area (Å²) in [6.07, 6.45) is -0.150. The van der Waals surface area contributed by atoms with Gasteiger partial charge in [0.15, 0.2) is 0 Å². The van der Waals surface area contributed by atoms with Crippen LogP contribution in [0.2, 0.25) is 0 Å². The summed E-state index contributed by atoms with van der Waals surface area (Å²) in [7, 11) is 2.48. The molecule has 19 heavy (non-hydrogen) atoms. The zero-order chi connectivity index (χ0) is 14.6. The Bertz CT molecular complexity index is 496. The van der Waals surface area contributed by atoms with Crippen molar-refractivity contribution < 1.29 is 23.8 Å². The fourth-order valence-electron chi connectivity index (χ4n) is 1.51. The van der Waals surface area contributed by atoms with Gasteiger partial charge in [-0.3, -0.25) is 0 Å². The van der Waals surface area contributed by atoms with Crippen LogP contribution in [0.4, 0.5) is 0 Å². The van der Waals surface area contributed by atoms with E-state index >= 15 is 0 Å². The summed E-state index contributed by atoms with van der Waals surface area (Å²) in [6.45, 7) is 3.64. The Balaban J connectivity index is 3.48. The Morgan fingerprint density at radius 2 is 1.68 bits per heavy atom.